The second-order valence-corrected chi connectivity index (χ2v) is 7.86. The number of halogens is 6. The number of nitrogens with zero attached hydrogens (tertiary/aromatic N) is 4. The Balaban J connectivity index is 1.48. The van der Waals surface area contributed by atoms with Gasteiger partial charge < -0.3 is 10.0 Å². The molecule has 0 spiro atoms. The van der Waals surface area contributed by atoms with Crippen molar-refractivity contribution in [3.63, 3.8) is 0 Å². The van der Waals surface area contributed by atoms with Gasteiger partial charge in [-0.15, -0.1) is 10.2 Å². The normalized spacial score (nSPS) is 25.7. The first-order valence-electron chi connectivity index (χ1n) is 9.67. The molecule has 31 heavy (non-hydrogen) atoms. The van der Waals surface area contributed by atoms with Gasteiger partial charge >= 0.3 is 12.4 Å². The molecule has 12 heteroatoms. The fourth-order valence-electron chi connectivity index (χ4n) is 4.44. The van der Waals surface area contributed by atoms with Crippen LogP contribution in [0.25, 0.3) is 0 Å². The molecule has 1 aromatic rings. The van der Waals surface area contributed by atoms with Gasteiger partial charge in [0.1, 0.15) is 12.0 Å². The van der Waals surface area contributed by atoms with Crippen LogP contribution in [0.15, 0.2) is 28.3 Å². The Kier molecular flexibility index (Phi) is 5.31. The largest absolute Gasteiger partial charge is 0.435 e. The predicted octanol–water partition coefficient (Wildman–Crippen LogP) is 2.98. The fraction of sp³-hybridized carbons (Fsp3) is 0.579. The molecule has 0 bridgehead atoms. The molecule has 3 aliphatic rings. The highest BCUT2D eigenvalue weighted by Crippen LogP contribution is 2.45. The highest BCUT2D eigenvalue weighted by molar-refractivity contribution is 6.08. The number of carbonyl (C=O) groups excluding carboxylic acids is 1. The minimum Gasteiger partial charge on any atom is -0.384 e. The van der Waals surface area contributed by atoms with Crippen LogP contribution in [0.3, 0.4) is 0 Å². The number of piperidine rings is 1. The SMILES string of the molecule is O=C1CC2=C(C(C3CCN(c4ccc(C(F)(F)F)nn4)CC3)=NC2)[C@@H](C(F)(F)F)[C@H]1O. The van der Waals surface area contributed by atoms with Crippen molar-refractivity contribution in [2.75, 3.05) is 24.5 Å². The highest BCUT2D eigenvalue weighted by Gasteiger charge is 2.54. The van der Waals surface area contributed by atoms with Crippen molar-refractivity contribution in [3.05, 3.63) is 29.0 Å². The lowest BCUT2D eigenvalue weighted by Crippen LogP contribution is -2.46. The van der Waals surface area contributed by atoms with Crippen molar-refractivity contribution in [3.8, 4) is 0 Å². The van der Waals surface area contributed by atoms with Crippen molar-refractivity contribution < 1.29 is 36.2 Å². The van der Waals surface area contributed by atoms with E-state index in [0.29, 0.717) is 31.5 Å². The molecule has 2 atom stereocenters. The molecule has 1 saturated heterocycles. The van der Waals surface area contributed by atoms with Crippen LogP contribution in [0, 0.1) is 11.8 Å². The van der Waals surface area contributed by atoms with Gasteiger partial charge in [-0.1, -0.05) is 0 Å². The van der Waals surface area contributed by atoms with Crippen molar-refractivity contribution in [1.29, 1.82) is 0 Å². The summed E-state index contributed by atoms with van der Waals surface area (Å²) < 4.78 is 78.8. The molecular weight excluding hydrogens is 430 g/mol. The summed E-state index contributed by atoms with van der Waals surface area (Å²) in [6.45, 7) is 0.718. The summed E-state index contributed by atoms with van der Waals surface area (Å²) >= 11 is 0. The smallest absolute Gasteiger partial charge is 0.384 e. The second-order valence-electron chi connectivity index (χ2n) is 7.86. The van der Waals surface area contributed by atoms with Crippen LogP contribution in [0.2, 0.25) is 0 Å². The molecule has 1 aliphatic carbocycles. The average Bonchev–Trinajstić information content (AvgIpc) is 3.10. The minimum atomic E-state index is -4.78. The Morgan fingerprint density at radius 3 is 2.26 bits per heavy atom. The number of hydrogen-bond acceptors (Lipinski definition) is 6. The fourth-order valence-corrected chi connectivity index (χ4v) is 4.44. The molecule has 0 saturated carbocycles. The van der Waals surface area contributed by atoms with Crippen LogP contribution >= 0.6 is 0 Å². The maximum Gasteiger partial charge on any atom is 0.435 e. The standard InChI is InChI=1S/C19H18F6N4O2/c20-18(21,22)12-1-2-13(28-27-12)29-5-3-9(4-6-29)16-14-10(8-26-16)7-11(30)17(31)15(14)19(23,24)25/h1-2,9,15,17,31H,3-8H2/t15-,17+/m1/s1. The Labute approximate surface area is 172 Å². The molecule has 3 heterocycles. The van der Waals surface area contributed by atoms with E-state index in [-0.39, 0.29) is 36.0 Å². The van der Waals surface area contributed by atoms with Gasteiger partial charge in [-0.25, -0.2) is 0 Å². The number of ketones is 1. The van der Waals surface area contributed by atoms with Gasteiger partial charge in [-0.05, 0) is 36.1 Å². The zero-order valence-corrected chi connectivity index (χ0v) is 16.0. The molecule has 1 fully saturated rings. The average molecular weight is 448 g/mol. The molecule has 2 aliphatic heterocycles. The second kappa shape index (κ2) is 7.57. The third-order valence-corrected chi connectivity index (χ3v) is 5.94. The molecule has 0 unspecified atom stereocenters. The first-order valence-corrected chi connectivity index (χ1v) is 9.67. The highest BCUT2D eigenvalue weighted by atomic mass is 19.4. The maximum atomic E-state index is 13.6. The van der Waals surface area contributed by atoms with Gasteiger partial charge in [-0.2, -0.15) is 26.3 Å². The number of aliphatic hydroxyl groups is 1. The molecule has 0 aromatic carbocycles. The van der Waals surface area contributed by atoms with Gasteiger partial charge in [-0.3, -0.25) is 9.79 Å². The van der Waals surface area contributed by atoms with Crippen LogP contribution in [-0.4, -0.2) is 58.7 Å². The Morgan fingerprint density at radius 2 is 1.71 bits per heavy atom. The van der Waals surface area contributed by atoms with Crippen LogP contribution in [0.5, 0.6) is 0 Å². The number of carbonyl (C=O) groups is 1. The van der Waals surface area contributed by atoms with E-state index in [0.717, 1.165) is 6.07 Å². The predicted molar refractivity (Wildman–Crippen MR) is 96.5 cm³/mol. The van der Waals surface area contributed by atoms with Crippen molar-refractivity contribution in [1.82, 2.24) is 10.2 Å². The van der Waals surface area contributed by atoms with Gasteiger partial charge in [0.25, 0.3) is 0 Å². The number of alkyl halides is 6. The van der Waals surface area contributed by atoms with Crippen LogP contribution < -0.4 is 4.90 Å². The Morgan fingerprint density at radius 1 is 1.03 bits per heavy atom. The topological polar surface area (TPSA) is 78.7 Å². The molecule has 1 N–H and O–H groups in total. The summed E-state index contributed by atoms with van der Waals surface area (Å²) in [4.78, 5) is 17.8. The molecule has 4 rings (SSSR count). The van der Waals surface area contributed by atoms with E-state index in [1.807, 2.05) is 0 Å². The molecular formula is C19H18F6N4O2. The third-order valence-electron chi connectivity index (χ3n) is 5.94. The van der Waals surface area contributed by atoms with E-state index in [2.05, 4.69) is 15.2 Å². The Hall–Kier alpha value is -2.50. The van der Waals surface area contributed by atoms with E-state index in [1.54, 1.807) is 4.90 Å². The number of aliphatic hydroxyl groups excluding tert-OH is 1. The monoisotopic (exact) mass is 448 g/mol. The summed E-state index contributed by atoms with van der Waals surface area (Å²) in [7, 11) is 0. The van der Waals surface area contributed by atoms with E-state index < -0.39 is 35.9 Å². The number of aromatic nitrogens is 2. The van der Waals surface area contributed by atoms with Gasteiger partial charge in [0.15, 0.2) is 17.3 Å². The molecule has 168 valence electrons. The lowest BCUT2D eigenvalue weighted by molar-refractivity contribution is -0.190. The number of anilines is 1. The van der Waals surface area contributed by atoms with E-state index in [9.17, 15) is 36.2 Å². The number of rotatable bonds is 2. The number of Topliss-reactive ketones (excluding diaryl/α,β-unsaturated/α-hetero) is 1. The molecule has 6 nitrogen and oxygen atoms in total. The summed E-state index contributed by atoms with van der Waals surface area (Å²) in [6.07, 6.45) is -10.9. The zero-order chi connectivity index (χ0) is 22.6. The van der Waals surface area contributed by atoms with Crippen molar-refractivity contribution in [2.24, 2.45) is 16.8 Å². The van der Waals surface area contributed by atoms with E-state index in [1.165, 1.54) is 6.07 Å². The van der Waals surface area contributed by atoms with E-state index in [4.69, 9.17) is 0 Å². The van der Waals surface area contributed by atoms with E-state index >= 15 is 0 Å². The van der Waals surface area contributed by atoms with Crippen LogP contribution in [0.4, 0.5) is 32.2 Å². The van der Waals surface area contributed by atoms with Crippen LogP contribution in [0.1, 0.15) is 25.0 Å². The number of aliphatic imine (C=N–C) groups is 1. The quantitative estimate of drug-likeness (QED) is 0.704. The van der Waals surface area contributed by atoms with Crippen molar-refractivity contribution >= 4 is 17.3 Å². The molecule has 0 amide bonds. The third kappa shape index (κ3) is 4.04. The lowest BCUT2D eigenvalue weighted by atomic mass is 9.74. The minimum absolute atomic E-state index is 0.0142. The van der Waals surface area contributed by atoms with Gasteiger partial charge in [0.05, 0.1) is 6.54 Å². The molecule has 0 radical (unpaired) electrons. The summed E-state index contributed by atoms with van der Waals surface area (Å²) in [5.74, 6) is -3.18. The van der Waals surface area contributed by atoms with Gasteiger partial charge in [0.2, 0.25) is 0 Å². The zero-order valence-electron chi connectivity index (χ0n) is 16.0. The summed E-state index contributed by atoms with van der Waals surface area (Å²) in [5, 5.41) is 16.8. The molecule has 1 aromatic heterocycles. The van der Waals surface area contributed by atoms with Crippen molar-refractivity contribution in [2.45, 2.75) is 37.7 Å². The van der Waals surface area contributed by atoms with Crippen LogP contribution in [-0.2, 0) is 11.0 Å². The van der Waals surface area contributed by atoms with Gasteiger partial charge in [0, 0.05) is 31.1 Å². The first-order chi connectivity index (χ1) is 14.5. The first kappa shape index (κ1) is 21.7. The summed E-state index contributed by atoms with van der Waals surface area (Å²) in [5.41, 5.74) is -0.576. The number of hydrogen-bond donors (Lipinski definition) is 1. The Bertz CT molecular complexity index is 930. The summed E-state index contributed by atoms with van der Waals surface area (Å²) in [6, 6.07) is 2.05. The lowest BCUT2D eigenvalue weighted by Gasteiger charge is -2.36. The maximum absolute atomic E-state index is 13.6.